The number of hydrogen-bond acceptors (Lipinski definition) is 3. The summed E-state index contributed by atoms with van der Waals surface area (Å²) in [6.45, 7) is 0. The Morgan fingerprint density at radius 3 is 2.40 bits per heavy atom. The third-order valence-corrected chi connectivity index (χ3v) is 5.17. The van der Waals surface area contributed by atoms with E-state index in [4.69, 9.17) is 9.47 Å². The Labute approximate surface area is 170 Å². The average Bonchev–Trinajstić information content (AvgIpc) is 3.45. The van der Waals surface area contributed by atoms with E-state index in [1.807, 2.05) is 54.6 Å². The number of nitrogens with one attached hydrogen (secondary N) is 4. The molecule has 5 aromatic rings. The lowest BCUT2D eigenvalue weighted by Crippen LogP contribution is -2.21. The van der Waals surface area contributed by atoms with Gasteiger partial charge in [-0.05, 0) is 48.0 Å². The van der Waals surface area contributed by atoms with Crippen molar-refractivity contribution in [2.24, 2.45) is 0 Å². The molecule has 2 aromatic carbocycles. The van der Waals surface area contributed by atoms with E-state index in [0.29, 0.717) is 11.0 Å². The molecule has 0 atom stereocenters. The fraction of sp³-hybridized carbons (Fsp3) is 0.0870. The van der Waals surface area contributed by atoms with Crippen LogP contribution >= 0.6 is 0 Å². The molecule has 3 heterocycles. The zero-order valence-corrected chi connectivity index (χ0v) is 16.5. The number of aromatic amines is 4. The highest BCUT2D eigenvalue weighted by Gasteiger charge is 2.10. The van der Waals surface area contributed by atoms with Crippen molar-refractivity contribution >= 4 is 34.1 Å². The van der Waals surface area contributed by atoms with Crippen molar-refractivity contribution in [2.45, 2.75) is 0 Å². The fourth-order valence-electron chi connectivity index (χ4n) is 3.71. The van der Waals surface area contributed by atoms with Crippen LogP contribution in [0.1, 0.15) is 11.3 Å². The first-order valence-corrected chi connectivity index (χ1v) is 9.48. The second-order valence-corrected chi connectivity index (χ2v) is 6.96. The van der Waals surface area contributed by atoms with Gasteiger partial charge in [-0.15, -0.1) is 0 Å². The van der Waals surface area contributed by atoms with E-state index < -0.39 is 0 Å². The molecule has 30 heavy (non-hydrogen) atoms. The lowest BCUT2D eigenvalue weighted by molar-refractivity contribution is 0.414. The molecule has 0 saturated heterocycles. The number of benzene rings is 2. The van der Waals surface area contributed by atoms with Gasteiger partial charge >= 0.3 is 0 Å². The van der Waals surface area contributed by atoms with Gasteiger partial charge < -0.3 is 29.4 Å². The summed E-state index contributed by atoms with van der Waals surface area (Å²) in [5.74, 6) is 1.49. The van der Waals surface area contributed by atoms with Gasteiger partial charge in [-0.1, -0.05) is 12.1 Å². The van der Waals surface area contributed by atoms with Crippen molar-refractivity contribution in [2.75, 3.05) is 14.2 Å². The first kappa shape index (κ1) is 17.9. The van der Waals surface area contributed by atoms with Crippen LogP contribution < -0.4 is 25.7 Å². The van der Waals surface area contributed by atoms with Crippen LogP contribution in [-0.4, -0.2) is 34.2 Å². The summed E-state index contributed by atoms with van der Waals surface area (Å²) < 4.78 is 10.6. The molecule has 0 aliphatic heterocycles. The smallest absolute Gasteiger partial charge is 0.256 e. The van der Waals surface area contributed by atoms with Crippen LogP contribution in [0.25, 0.3) is 34.1 Å². The van der Waals surface area contributed by atoms with Gasteiger partial charge in [0.2, 0.25) is 0 Å². The predicted molar refractivity (Wildman–Crippen MR) is 117 cm³/mol. The molecule has 3 aromatic heterocycles. The number of fused-ring (bicyclic) bond motifs is 3. The summed E-state index contributed by atoms with van der Waals surface area (Å²) in [5.41, 5.74) is 5.00. The maximum absolute atomic E-state index is 12.7. The molecule has 0 aliphatic carbocycles. The van der Waals surface area contributed by atoms with Crippen molar-refractivity contribution < 1.29 is 9.47 Å². The summed E-state index contributed by atoms with van der Waals surface area (Å²) in [5, 5.41) is 1.40. The Hall–Kier alpha value is -4.13. The largest absolute Gasteiger partial charge is 0.497 e. The molecular formula is C23H20N4O3. The Kier molecular flexibility index (Phi) is 4.21. The number of rotatable bonds is 4. The Balaban J connectivity index is 1.73. The van der Waals surface area contributed by atoms with Gasteiger partial charge in [0.25, 0.3) is 5.56 Å². The summed E-state index contributed by atoms with van der Waals surface area (Å²) in [6, 6.07) is 13.5. The molecule has 7 heteroatoms. The minimum Gasteiger partial charge on any atom is -0.497 e. The van der Waals surface area contributed by atoms with Crippen molar-refractivity contribution in [3.05, 3.63) is 81.0 Å². The number of imidazole rings is 1. The molecule has 150 valence electrons. The maximum Gasteiger partial charge on any atom is 0.256 e. The minimum absolute atomic E-state index is 0.149. The standard InChI is InChI=1S/C23H20N4O3/c1-29-14-5-3-13(4-6-14)11-20-25-17-8-7-16-21(22(17)27-20)15(23(28)26-16)12-18-19(30-2)9-10-24-18/h3-12,24-25,27H,1-2H3,(H,26,28). The van der Waals surface area contributed by atoms with E-state index >= 15 is 0 Å². The molecule has 0 bridgehead atoms. The summed E-state index contributed by atoms with van der Waals surface area (Å²) in [7, 11) is 3.25. The summed E-state index contributed by atoms with van der Waals surface area (Å²) in [4.78, 5) is 25.5. The Morgan fingerprint density at radius 1 is 0.833 bits per heavy atom. The molecule has 0 unspecified atom stereocenters. The van der Waals surface area contributed by atoms with Crippen molar-refractivity contribution in [1.29, 1.82) is 0 Å². The van der Waals surface area contributed by atoms with E-state index in [0.717, 1.165) is 44.4 Å². The Bertz CT molecular complexity index is 1530. The normalized spacial score (nSPS) is 12.9. The minimum atomic E-state index is -0.149. The number of ether oxygens (including phenoxy) is 2. The molecular weight excluding hydrogens is 380 g/mol. The molecule has 0 radical (unpaired) electrons. The fourth-order valence-corrected chi connectivity index (χ4v) is 3.71. The first-order valence-electron chi connectivity index (χ1n) is 9.48. The zero-order valence-electron chi connectivity index (χ0n) is 16.5. The van der Waals surface area contributed by atoms with E-state index in [9.17, 15) is 4.79 Å². The summed E-state index contributed by atoms with van der Waals surface area (Å²) in [6.07, 6.45) is 5.60. The monoisotopic (exact) mass is 400 g/mol. The topological polar surface area (TPSA) is 98.7 Å². The van der Waals surface area contributed by atoms with Gasteiger partial charge in [-0.2, -0.15) is 0 Å². The third-order valence-electron chi connectivity index (χ3n) is 5.17. The second kappa shape index (κ2) is 7.04. The quantitative estimate of drug-likeness (QED) is 0.373. The molecule has 0 spiro atoms. The molecule has 0 saturated carbocycles. The maximum atomic E-state index is 12.7. The van der Waals surface area contributed by atoms with Crippen LogP contribution in [0.2, 0.25) is 0 Å². The van der Waals surface area contributed by atoms with Crippen molar-refractivity contribution in [1.82, 2.24) is 19.9 Å². The lowest BCUT2D eigenvalue weighted by atomic mass is 10.1. The van der Waals surface area contributed by atoms with Crippen molar-refractivity contribution in [3.63, 3.8) is 0 Å². The SMILES string of the molecule is COc1ccc(C=c2[nH]c3ccc4[nH]c(=O)c(=Cc5[nH]ccc5OC)c4c3[nH]2)cc1. The summed E-state index contributed by atoms with van der Waals surface area (Å²) >= 11 is 0. The highest BCUT2D eigenvalue weighted by molar-refractivity contribution is 6.03. The molecule has 0 amide bonds. The van der Waals surface area contributed by atoms with Gasteiger partial charge in [0.15, 0.2) is 0 Å². The zero-order chi connectivity index (χ0) is 20.7. The van der Waals surface area contributed by atoms with Crippen LogP contribution in [0.4, 0.5) is 0 Å². The van der Waals surface area contributed by atoms with E-state index in [-0.39, 0.29) is 5.56 Å². The number of methoxy groups -OCH3 is 2. The van der Waals surface area contributed by atoms with Crippen LogP contribution in [0.5, 0.6) is 11.5 Å². The van der Waals surface area contributed by atoms with Gasteiger partial charge in [0, 0.05) is 11.6 Å². The van der Waals surface area contributed by atoms with Crippen LogP contribution in [-0.2, 0) is 0 Å². The van der Waals surface area contributed by atoms with Crippen LogP contribution in [0.15, 0.2) is 53.5 Å². The van der Waals surface area contributed by atoms with Gasteiger partial charge in [-0.3, -0.25) is 4.79 Å². The van der Waals surface area contributed by atoms with Crippen LogP contribution in [0, 0.1) is 0 Å². The highest BCUT2D eigenvalue weighted by atomic mass is 16.5. The van der Waals surface area contributed by atoms with Crippen molar-refractivity contribution in [3.8, 4) is 11.5 Å². The Morgan fingerprint density at radius 2 is 1.63 bits per heavy atom. The first-order chi connectivity index (χ1) is 14.7. The molecule has 4 N–H and O–H groups in total. The predicted octanol–water partition coefficient (Wildman–Crippen LogP) is 2.34. The average molecular weight is 400 g/mol. The van der Waals surface area contributed by atoms with Crippen LogP contribution in [0.3, 0.4) is 0 Å². The molecule has 0 fully saturated rings. The van der Waals surface area contributed by atoms with Gasteiger partial charge in [0.1, 0.15) is 17.0 Å². The van der Waals surface area contributed by atoms with Gasteiger partial charge in [-0.25, -0.2) is 0 Å². The number of H-pyrrole nitrogens is 4. The second-order valence-electron chi connectivity index (χ2n) is 6.96. The number of aromatic nitrogens is 4. The van der Waals surface area contributed by atoms with Gasteiger partial charge in [0.05, 0.1) is 41.7 Å². The number of hydrogen-bond donors (Lipinski definition) is 4. The van der Waals surface area contributed by atoms with E-state index in [2.05, 4.69) is 19.9 Å². The highest BCUT2D eigenvalue weighted by Crippen LogP contribution is 2.19. The van der Waals surface area contributed by atoms with E-state index in [1.165, 1.54) is 0 Å². The third kappa shape index (κ3) is 2.97. The molecule has 7 nitrogen and oxygen atoms in total. The molecule has 0 aliphatic rings. The van der Waals surface area contributed by atoms with E-state index in [1.54, 1.807) is 20.4 Å². The lowest BCUT2D eigenvalue weighted by Gasteiger charge is -1.98. The molecule has 5 rings (SSSR count).